The van der Waals surface area contributed by atoms with Crippen LogP contribution < -0.4 is 11.1 Å². The Morgan fingerprint density at radius 3 is 2.68 bits per heavy atom. The number of nitrogens with one attached hydrogen (secondary N) is 1. The minimum absolute atomic E-state index is 0.0688. The lowest BCUT2D eigenvalue weighted by Crippen LogP contribution is -2.56. The fourth-order valence-corrected chi connectivity index (χ4v) is 2.31. The van der Waals surface area contributed by atoms with Crippen molar-refractivity contribution >= 4 is 11.8 Å². The van der Waals surface area contributed by atoms with Crippen molar-refractivity contribution < 1.29 is 9.59 Å². The van der Waals surface area contributed by atoms with Crippen LogP contribution in [0, 0.1) is 0 Å². The van der Waals surface area contributed by atoms with E-state index < -0.39 is 0 Å². The Hall–Kier alpha value is -1.88. The molecule has 0 aromatic heterocycles. The van der Waals surface area contributed by atoms with Crippen LogP contribution in [0.5, 0.6) is 0 Å². The number of piperazine rings is 1. The smallest absolute Gasteiger partial charge is 0.254 e. The minimum Gasteiger partial charge on any atom is -0.353 e. The summed E-state index contributed by atoms with van der Waals surface area (Å²) in [5, 5.41) is 2.79. The standard InChI is InChI=1S/C14H19N3O2/c1-2-12-13(18)16-7-8-17(12)14(19)11-5-3-10(9-15)4-6-11/h3-6,12H,2,7-9,15H2,1H3,(H,16,18). The number of nitrogens with two attached hydrogens (primary N) is 1. The first-order valence-electron chi connectivity index (χ1n) is 6.55. The molecule has 0 aliphatic carbocycles. The molecule has 2 amide bonds. The van der Waals surface area contributed by atoms with Crippen LogP contribution in [0.25, 0.3) is 0 Å². The molecule has 1 aromatic carbocycles. The third kappa shape index (κ3) is 2.76. The summed E-state index contributed by atoms with van der Waals surface area (Å²) in [6.07, 6.45) is 0.623. The highest BCUT2D eigenvalue weighted by atomic mass is 16.2. The first-order valence-corrected chi connectivity index (χ1v) is 6.55. The lowest BCUT2D eigenvalue weighted by molar-refractivity contribution is -0.127. The van der Waals surface area contributed by atoms with Crippen molar-refractivity contribution in [2.75, 3.05) is 13.1 Å². The zero-order chi connectivity index (χ0) is 13.8. The molecule has 1 heterocycles. The van der Waals surface area contributed by atoms with Crippen molar-refractivity contribution in [3.63, 3.8) is 0 Å². The van der Waals surface area contributed by atoms with Gasteiger partial charge in [0.15, 0.2) is 0 Å². The predicted octanol–water partition coefficient (Wildman–Crippen LogP) is 0.496. The van der Waals surface area contributed by atoms with Crippen molar-refractivity contribution in [2.45, 2.75) is 25.9 Å². The van der Waals surface area contributed by atoms with Gasteiger partial charge in [0.05, 0.1) is 0 Å². The van der Waals surface area contributed by atoms with Crippen molar-refractivity contribution in [3.05, 3.63) is 35.4 Å². The van der Waals surface area contributed by atoms with Gasteiger partial charge < -0.3 is 16.0 Å². The monoisotopic (exact) mass is 261 g/mol. The Labute approximate surface area is 112 Å². The Morgan fingerprint density at radius 1 is 1.42 bits per heavy atom. The fraction of sp³-hybridized carbons (Fsp3) is 0.429. The molecule has 3 N–H and O–H groups in total. The van der Waals surface area contributed by atoms with E-state index in [1.54, 1.807) is 17.0 Å². The van der Waals surface area contributed by atoms with Gasteiger partial charge in [0, 0.05) is 25.2 Å². The molecule has 0 saturated carbocycles. The van der Waals surface area contributed by atoms with Crippen molar-refractivity contribution in [3.8, 4) is 0 Å². The largest absolute Gasteiger partial charge is 0.353 e. The number of nitrogens with zero attached hydrogens (tertiary/aromatic N) is 1. The molecule has 0 radical (unpaired) electrons. The highest BCUT2D eigenvalue weighted by Crippen LogP contribution is 2.14. The van der Waals surface area contributed by atoms with E-state index in [1.807, 2.05) is 19.1 Å². The molecule has 1 fully saturated rings. The van der Waals surface area contributed by atoms with Gasteiger partial charge in [-0.25, -0.2) is 0 Å². The SMILES string of the molecule is CCC1C(=O)NCCN1C(=O)c1ccc(CN)cc1. The van der Waals surface area contributed by atoms with Crippen molar-refractivity contribution in [1.29, 1.82) is 0 Å². The number of rotatable bonds is 3. The van der Waals surface area contributed by atoms with Crippen LogP contribution in [0.3, 0.4) is 0 Å². The molecule has 5 heteroatoms. The predicted molar refractivity (Wildman–Crippen MR) is 72.5 cm³/mol. The molecule has 5 nitrogen and oxygen atoms in total. The Balaban J connectivity index is 2.19. The van der Waals surface area contributed by atoms with E-state index in [0.717, 1.165) is 5.56 Å². The Morgan fingerprint density at radius 2 is 2.11 bits per heavy atom. The molecule has 19 heavy (non-hydrogen) atoms. The van der Waals surface area contributed by atoms with E-state index in [2.05, 4.69) is 5.32 Å². The minimum atomic E-state index is -0.365. The van der Waals surface area contributed by atoms with E-state index >= 15 is 0 Å². The molecule has 0 spiro atoms. The summed E-state index contributed by atoms with van der Waals surface area (Å²) in [6.45, 7) is 3.44. The van der Waals surface area contributed by atoms with Gasteiger partial charge in [-0.2, -0.15) is 0 Å². The summed E-state index contributed by atoms with van der Waals surface area (Å²) in [5.74, 6) is -0.161. The molecule has 2 rings (SSSR count). The number of amides is 2. The van der Waals surface area contributed by atoms with E-state index in [4.69, 9.17) is 5.73 Å². The van der Waals surface area contributed by atoms with Gasteiger partial charge >= 0.3 is 0 Å². The molecular formula is C14H19N3O2. The number of carbonyl (C=O) groups is 2. The van der Waals surface area contributed by atoms with Crippen LogP contribution in [0.1, 0.15) is 29.3 Å². The van der Waals surface area contributed by atoms with E-state index in [1.165, 1.54) is 0 Å². The van der Waals surface area contributed by atoms with E-state index in [0.29, 0.717) is 31.6 Å². The summed E-state index contributed by atoms with van der Waals surface area (Å²) < 4.78 is 0. The Bertz CT molecular complexity index is 470. The maximum atomic E-state index is 12.4. The van der Waals surface area contributed by atoms with Crippen molar-refractivity contribution in [2.24, 2.45) is 5.73 Å². The fourth-order valence-electron chi connectivity index (χ4n) is 2.31. The molecule has 0 bridgehead atoms. The van der Waals surface area contributed by atoms with Gasteiger partial charge in [-0.3, -0.25) is 9.59 Å². The Kier molecular flexibility index (Phi) is 4.16. The molecule has 1 aromatic rings. The molecule has 1 unspecified atom stereocenters. The summed E-state index contributed by atoms with van der Waals surface area (Å²) in [6, 6.07) is 6.86. The lowest BCUT2D eigenvalue weighted by Gasteiger charge is -2.34. The average Bonchev–Trinajstić information content (AvgIpc) is 2.46. The van der Waals surface area contributed by atoms with Crippen LogP contribution in [0.2, 0.25) is 0 Å². The van der Waals surface area contributed by atoms with Gasteiger partial charge in [-0.15, -0.1) is 0 Å². The zero-order valence-electron chi connectivity index (χ0n) is 11.1. The highest BCUT2D eigenvalue weighted by Gasteiger charge is 2.31. The average molecular weight is 261 g/mol. The molecule has 102 valence electrons. The summed E-state index contributed by atoms with van der Waals surface area (Å²) in [7, 11) is 0. The molecule has 1 saturated heterocycles. The van der Waals surface area contributed by atoms with Crippen molar-refractivity contribution in [1.82, 2.24) is 10.2 Å². The second-order valence-corrected chi connectivity index (χ2v) is 4.61. The van der Waals surface area contributed by atoms with Gasteiger partial charge in [-0.05, 0) is 24.1 Å². The van der Waals surface area contributed by atoms with E-state index in [-0.39, 0.29) is 17.9 Å². The normalized spacial score (nSPS) is 19.2. The maximum absolute atomic E-state index is 12.4. The number of hydrogen-bond acceptors (Lipinski definition) is 3. The molecular weight excluding hydrogens is 242 g/mol. The number of carbonyl (C=O) groups excluding carboxylic acids is 2. The topological polar surface area (TPSA) is 75.4 Å². The molecule has 1 aliphatic heterocycles. The second kappa shape index (κ2) is 5.84. The van der Waals surface area contributed by atoms with Gasteiger partial charge in [0.25, 0.3) is 5.91 Å². The second-order valence-electron chi connectivity index (χ2n) is 4.61. The molecule has 1 aliphatic rings. The maximum Gasteiger partial charge on any atom is 0.254 e. The summed E-state index contributed by atoms with van der Waals surface area (Å²) in [4.78, 5) is 25.8. The van der Waals surface area contributed by atoms with Gasteiger partial charge in [-0.1, -0.05) is 19.1 Å². The number of hydrogen-bond donors (Lipinski definition) is 2. The van der Waals surface area contributed by atoms with Crippen LogP contribution in [0.15, 0.2) is 24.3 Å². The number of benzene rings is 1. The van der Waals surface area contributed by atoms with Gasteiger partial charge in [0.2, 0.25) is 5.91 Å². The quantitative estimate of drug-likeness (QED) is 0.831. The first-order chi connectivity index (χ1) is 9.17. The zero-order valence-corrected chi connectivity index (χ0v) is 11.1. The van der Waals surface area contributed by atoms with Crippen LogP contribution in [-0.2, 0) is 11.3 Å². The third-order valence-corrected chi connectivity index (χ3v) is 3.41. The van der Waals surface area contributed by atoms with Crippen LogP contribution >= 0.6 is 0 Å². The third-order valence-electron chi connectivity index (χ3n) is 3.41. The van der Waals surface area contributed by atoms with Crippen LogP contribution in [-0.4, -0.2) is 35.8 Å². The van der Waals surface area contributed by atoms with Crippen LogP contribution in [0.4, 0.5) is 0 Å². The molecule has 1 atom stereocenters. The summed E-state index contributed by atoms with van der Waals surface area (Å²) >= 11 is 0. The highest BCUT2D eigenvalue weighted by molar-refractivity contribution is 5.98. The summed E-state index contributed by atoms with van der Waals surface area (Å²) in [5.41, 5.74) is 7.12. The first kappa shape index (κ1) is 13.5. The van der Waals surface area contributed by atoms with E-state index in [9.17, 15) is 9.59 Å². The lowest BCUT2D eigenvalue weighted by atomic mass is 10.1. The van der Waals surface area contributed by atoms with Gasteiger partial charge in [0.1, 0.15) is 6.04 Å².